The number of aliphatic hydroxyl groups excluding tert-OH is 1. The molecule has 3 aromatic rings. The quantitative estimate of drug-likeness (QED) is 0.142. The normalized spacial score (nSPS) is 34.6. The molecule has 2 bridgehead atoms. The fraction of sp³-hybridized carbons (Fsp3) is 0.500. The number of hydrogen-bond donors (Lipinski definition) is 3. The highest BCUT2D eigenvalue weighted by Gasteiger charge is 2.74. The van der Waals surface area contributed by atoms with Crippen molar-refractivity contribution in [2.75, 3.05) is 33.2 Å². The molecule has 8 atom stereocenters. The Morgan fingerprint density at radius 2 is 1.59 bits per heavy atom. The topological polar surface area (TPSA) is 131 Å². The molecule has 2 spiro atoms. The van der Waals surface area contributed by atoms with Crippen molar-refractivity contribution in [2.45, 2.75) is 77.0 Å². The van der Waals surface area contributed by atoms with Crippen LogP contribution in [0.25, 0.3) is 0 Å². The molecule has 1 heterocycles. The van der Waals surface area contributed by atoms with E-state index in [1.807, 2.05) is 12.1 Å². The fourth-order valence-corrected chi connectivity index (χ4v) is 11.7. The van der Waals surface area contributed by atoms with Crippen LogP contribution in [-0.4, -0.2) is 66.5 Å². The second-order valence-electron chi connectivity index (χ2n) is 16.8. The number of benzene rings is 2. The van der Waals surface area contributed by atoms with Gasteiger partial charge in [0.1, 0.15) is 17.2 Å². The maximum absolute atomic E-state index is 14.6. The largest absolute Gasteiger partial charge is 0.497 e. The predicted molar refractivity (Wildman–Crippen MR) is 204 cm³/mol. The van der Waals surface area contributed by atoms with Gasteiger partial charge in [-0.1, -0.05) is 32.1 Å². The number of urea groups is 1. The number of allylic oxidation sites excluding steroid dienone is 4. The highest BCUT2D eigenvalue weighted by atomic mass is 16.5. The first-order chi connectivity index (χ1) is 25.8. The van der Waals surface area contributed by atoms with Gasteiger partial charge in [-0.05, 0) is 111 Å². The van der Waals surface area contributed by atoms with Crippen molar-refractivity contribution in [1.82, 2.24) is 4.90 Å². The van der Waals surface area contributed by atoms with E-state index in [9.17, 15) is 19.8 Å². The van der Waals surface area contributed by atoms with Crippen molar-refractivity contribution in [2.24, 2.45) is 33.5 Å². The van der Waals surface area contributed by atoms with E-state index in [4.69, 9.17) is 18.6 Å². The van der Waals surface area contributed by atoms with Crippen molar-refractivity contribution >= 4 is 17.5 Å². The number of hydrogen-bond acceptors (Lipinski definition) is 8. The first kappa shape index (κ1) is 36.4. The number of nitrogens with zero attached hydrogens (tertiary/aromatic N) is 1. The number of nitrogens with one attached hydrogen (secondary N) is 1. The van der Waals surface area contributed by atoms with E-state index in [-0.39, 0.29) is 42.2 Å². The van der Waals surface area contributed by atoms with Crippen LogP contribution < -0.4 is 19.5 Å². The molecule has 10 heteroatoms. The van der Waals surface area contributed by atoms with Gasteiger partial charge in [0, 0.05) is 39.1 Å². The third-order valence-corrected chi connectivity index (χ3v) is 14.6. The molecular formula is C44H52N2O8. The maximum atomic E-state index is 14.6. The number of ether oxygens (including phenoxy) is 3. The van der Waals surface area contributed by atoms with E-state index in [0.29, 0.717) is 48.0 Å². The fourth-order valence-electron chi connectivity index (χ4n) is 11.7. The molecule has 3 fully saturated rings. The smallest absolute Gasteiger partial charge is 0.322 e. The number of Topliss-reactive ketones (excluding diaryl/α,β-unsaturated/α-hetero) is 1. The molecule has 0 saturated heterocycles. The van der Waals surface area contributed by atoms with Gasteiger partial charge in [-0.15, -0.1) is 0 Å². The van der Waals surface area contributed by atoms with Gasteiger partial charge in [-0.25, -0.2) is 4.79 Å². The molecule has 1 aromatic heterocycles. The lowest BCUT2D eigenvalue weighted by molar-refractivity contribution is -0.174. The second kappa shape index (κ2) is 13.0. The summed E-state index contributed by atoms with van der Waals surface area (Å²) in [6, 6.07) is 15.8. The Kier molecular flexibility index (Phi) is 8.80. The standard InChI is InChI=1S/C44H52N2O8/c1-40-17-14-30(47)24-42(40)20-21-44(33(25-42)38(48)34-7-6-22-54-34)36(40)15-18-41(2)37(44)16-19-43(41,50)27-46(26-28-8-11-32(52-4)23-35(28)53-5)39(49)45-29-9-12-31(51-3)13-10-29/h6-13,20-23,25,30,36-37,47,50H,14-19,24,26-27H2,1-5H3,(H,45,49). The zero-order valence-electron chi connectivity index (χ0n) is 31.9. The van der Waals surface area contributed by atoms with Gasteiger partial charge in [-0.2, -0.15) is 0 Å². The van der Waals surface area contributed by atoms with Gasteiger partial charge in [0.15, 0.2) is 5.76 Å². The van der Waals surface area contributed by atoms with Gasteiger partial charge in [0.05, 0.1) is 52.4 Å². The lowest BCUT2D eigenvalue weighted by atomic mass is 9.32. The molecule has 6 aliphatic carbocycles. The number of carbonyl (C=O) groups is 2. The van der Waals surface area contributed by atoms with Crippen molar-refractivity contribution in [1.29, 1.82) is 0 Å². The average molecular weight is 737 g/mol. The van der Waals surface area contributed by atoms with Crippen molar-refractivity contribution < 1.29 is 38.4 Å². The number of ketones is 1. The van der Waals surface area contributed by atoms with Gasteiger partial charge in [-0.3, -0.25) is 4.79 Å². The molecule has 0 radical (unpaired) electrons. The van der Waals surface area contributed by atoms with E-state index in [1.165, 1.54) is 6.26 Å². The summed E-state index contributed by atoms with van der Waals surface area (Å²) in [5, 5.41) is 27.2. The molecule has 0 aliphatic heterocycles. The summed E-state index contributed by atoms with van der Waals surface area (Å²) in [7, 11) is 4.78. The Morgan fingerprint density at radius 3 is 2.30 bits per heavy atom. The summed E-state index contributed by atoms with van der Waals surface area (Å²) in [6.07, 6.45) is 12.7. The van der Waals surface area contributed by atoms with Crippen LogP contribution in [0.15, 0.2) is 89.1 Å². The van der Waals surface area contributed by atoms with Crippen molar-refractivity contribution in [3.63, 3.8) is 0 Å². The van der Waals surface area contributed by atoms with Crippen LogP contribution in [0.2, 0.25) is 0 Å². The number of amides is 2. The van der Waals surface area contributed by atoms with E-state index < -0.39 is 27.9 Å². The van der Waals surface area contributed by atoms with Crippen LogP contribution in [0.4, 0.5) is 10.5 Å². The molecule has 6 aliphatic rings. The molecule has 54 heavy (non-hydrogen) atoms. The van der Waals surface area contributed by atoms with Crippen LogP contribution in [0.5, 0.6) is 17.2 Å². The Labute approximate surface area is 317 Å². The lowest BCUT2D eigenvalue weighted by Gasteiger charge is -2.71. The molecule has 286 valence electrons. The maximum Gasteiger partial charge on any atom is 0.322 e. The second-order valence-corrected chi connectivity index (χ2v) is 16.8. The average Bonchev–Trinajstić information content (AvgIpc) is 3.81. The van der Waals surface area contributed by atoms with Gasteiger partial charge < -0.3 is 39.1 Å². The lowest BCUT2D eigenvalue weighted by Crippen LogP contribution is -2.67. The Morgan fingerprint density at radius 1 is 0.889 bits per heavy atom. The van der Waals surface area contributed by atoms with Gasteiger partial charge in [0.2, 0.25) is 5.78 Å². The number of furan rings is 1. The van der Waals surface area contributed by atoms with Crippen LogP contribution in [0, 0.1) is 33.5 Å². The van der Waals surface area contributed by atoms with E-state index in [2.05, 4.69) is 37.4 Å². The summed E-state index contributed by atoms with van der Waals surface area (Å²) >= 11 is 0. The van der Waals surface area contributed by atoms with Crippen LogP contribution in [0.3, 0.4) is 0 Å². The highest BCUT2D eigenvalue weighted by molar-refractivity contribution is 6.08. The number of methoxy groups -OCH3 is 3. The van der Waals surface area contributed by atoms with E-state index >= 15 is 0 Å². The number of carbonyl (C=O) groups excluding carboxylic acids is 2. The van der Waals surface area contributed by atoms with Crippen LogP contribution >= 0.6 is 0 Å². The zero-order valence-corrected chi connectivity index (χ0v) is 31.9. The minimum Gasteiger partial charge on any atom is -0.497 e. The van der Waals surface area contributed by atoms with Crippen LogP contribution in [-0.2, 0) is 6.54 Å². The van der Waals surface area contributed by atoms with E-state index in [1.54, 1.807) is 68.7 Å². The summed E-state index contributed by atoms with van der Waals surface area (Å²) in [6.45, 7) is 4.79. The number of rotatable bonds is 10. The van der Waals surface area contributed by atoms with Crippen LogP contribution in [0.1, 0.15) is 74.9 Å². The number of aliphatic hydroxyl groups is 2. The molecule has 2 aromatic carbocycles. The minimum atomic E-state index is -1.28. The first-order valence-electron chi connectivity index (χ1n) is 19.2. The van der Waals surface area contributed by atoms with Crippen molar-refractivity contribution in [3.05, 3.63) is 96.0 Å². The SMILES string of the molecule is COc1ccc(NC(=O)N(Cc2ccc(OC)cc2OC)CC2(O)CCC3C45C=CC6(C=C4C(=O)c4ccco4)CC(O)CCC6(C)C5CCC32C)cc1. The number of fused-ring (bicyclic) bond motifs is 1. The molecule has 3 N–H and O–H groups in total. The summed E-state index contributed by atoms with van der Waals surface area (Å²) in [5.41, 5.74) is -1.07. The summed E-state index contributed by atoms with van der Waals surface area (Å²) in [5.74, 6) is 2.13. The third-order valence-electron chi connectivity index (χ3n) is 14.6. The van der Waals surface area contributed by atoms with Gasteiger partial charge in [0.25, 0.3) is 0 Å². The molecular weight excluding hydrogens is 684 g/mol. The molecule has 8 unspecified atom stereocenters. The Balaban J connectivity index is 1.18. The molecule has 3 saturated carbocycles. The summed E-state index contributed by atoms with van der Waals surface area (Å²) in [4.78, 5) is 30.6. The first-order valence-corrected chi connectivity index (χ1v) is 19.2. The monoisotopic (exact) mass is 736 g/mol. The molecule has 2 amide bonds. The summed E-state index contributed by atoms with van der Waals surface area (Å²) < 4.78 is 22.2. The predicted octanol–water partition coefficient (Wildman–Crippen LogP) is 7.81. The van der Waals surface area contributed by atoms with Crippen molar-refractivity contribution in [3.8, 4) is 17.2 Å². The van der Waals surface area contributed by atoms with Gasteiger partial charge >= 0.3 is 6.03 Å². The highest BCUT2D eigenvalue weighted by Crippen LogP contribution is 2.78. The molecule has 10 nitrogen and oxygen atoms in total. The molecule has 9 rings (SSSR count). The third kappa shape index (κ3) is 5.27. The number of anilines is 1. The minimum absolute atomic E-state index is 0.0697. The Hall–Kier alpha value is -4.54. The Bertz CT molecular complexity index is 1990. The van der Waals surface area contributed by atoms with E-state index in [0.717, 1.165) is 36.8 Å². The zero-order chi connectivity index (χ0) is 38.1.